The van der Waals surface area contributed by atoms with Gasteiger partial charge in [0.25, 0.3) is 0 Å². The number of benzene rings is 1. The summed E-state index contributed by atoms with van der Waals surface area (Å²) in [5.41, 5.74) is -0.105. The van der Waals surface area contributed by atoms with Crippen LogP contribution >= 0.6 is 0 Å². The number of nitrogens with one attached hydrogen (secondary N) is 2. The van der Waals surface area contributed by atoms with Crippen molar-refractivity contribution in [2.24, 2.45) is 0 Å². The van der Waals surface area contributed by atoms with Gasteiger partial charge >= 0.3 is 0 Å². The average molecular weight is 284 g/mol. The van der Waals surface area contributed by atoms with E-state index in [0.717, 1.165) is 19.4 Å². The summed E-state index contributed by atoms with van der Waals surface area (Å²) in [7, 11) is 0. The first kappa shape index (κ1) is 16.6. The Balaban J connectivity index is 2.60. The molecule has 1 unspecified atom stereocenters. The molecule has 0 aliphatic rings. The highest BCUT2D eigenvalue weighted by molar-refractivity contribution is 5.81. The zero-order valence-electron chi connectivity index (χ0n) is 12.0. The topological polar surface area (TPSA) is 41.1 Å². The maximum Gasteiger partial charge on any atom is 0.237 e. The molecule has 112 valence electrons. The van der Waals surface area contributed by atoms with Crippen molar-refractivity contribution < 1.29 is 13.6 Å². The second-order valence-corrected chi connectivity index (χ2v) is 4.71. The molecule has 2 N–H and O–H groups in total. The summed E-state index contributed by atoms with van der Waals surface area (Å²) < 4.78 is 26.9. The fourth-order valence-corrected chi connectivity index (χ4v) is 1.93. The van der Waals surface area contributed by atoms with E-state index in [2.05, 4.69) is 10.6 Å². The molecular weight excluding hydrogens is 262 g/mol. The summed E-state index contributed by atoms with van der Waals surface area (Å²) in [6, 6.07) is 3.36. The normalized spacial score (nSPS) is 12.2. The molecule has 0 fully saturated rings. The van der Waals surface area contributed by atoms with Crippen molar-refractivity contribution in [2.45, 2.75) is 45.7 Å². The summed E-state index contributed by atoms with van der Waals surface area (Å²) in [5.74, 6) is -1.50. The molecule has 1 aromatic carbocycles. The minimum Gasteiger partial charge on any atom is -0.350 e. The zero-order valence-corrected chi connectivity index (χ0v) is 12.0. The molecule has 0 bridgehead atoms. The number of hydrogen-bond donors (Lipinski definition) is 2. The molecule has 0 radical (unpaired) electrons. The van der Waals surface area contributed by atoms with E-state index < -0.39 is 11.6 Å². The Kier molecular flexibility index (Phi) is 7.15. The molecule has 0 aliphatic carbocycles. The van der Waals surface area contributed by atoms with Crippen molar-refractivity contribution in [3.05, 3.63) is 35.4 Å². The van der Waals surface area contributed by atoms with Crippen molar-refractivity contribution >= 4 is 5.91 Å². The molecule has 5 heteroatoms. The van der Waals surface area contributed by atoms with E-state index in [9.17, 15) is 13.6 Å². The van der Waals surface area contributed by atoms with Gasteiger partial charge in [-0.05, 0) is 31.5 Å². The predicted molar refractivity (Wildman–Crippen MR) is 75.2 cm³/mol. The highest BCUT2D eigenvalue weighted by Crippen LogP contribution is 2.11. The molecule has 3 nitrogen and oxygen atoms in total. The highest BCUT2D eigenvalue weighted by Gasteiger charge is 2.17. The van der Waals surface area contributed by atoms with Gasteiger partial charge in [-0.3, -0.25) is 4.79 Å². The first-order valence-electron chi connectivity index (χ1n) is 7.04. The maximum atomic E-state index is 13.4. The zero-order chi connectivity index (χ0) is 15.0. The summed E-state index contributed by atoms with van der Waals surface area (Å²) >= 11 is 0. The van der Waals surface area contributed by atoms with Crippen LogP contribution in [-0.4, -0.2) is 18.5 Å². The molecule has 0 saturated carbocycles. The van der Waals surface area contributed by atoms with Crippen LogP contribution in [-0.2, 0) is 11.3 Å². The fourth-order valence-electron chi connectivity index (χ4n) is 1.93. The standard InChI is InChI=1S/C15H22F2N2O/c1-3-6-14(18-9-4-2)15(20)19-10-11-12(16)7-5-8-13(11)17/h5,7-8,14,18H,3-4,6,9-10H2,1-2H3,(H,19,20). The maximum absolute atomic E-state index is 13.4. The molecule has 1 aromatic rings. The molecule has 0 aliphatic heterocycles. The Morgan fingerprint density at radius 3 is 2.40 bits per heavy atom. The van der Waals surface area contributed by atoms with Crippen LogP contribution in [0.2, 0.25) is 0 Å². The van der Waals surface area contributed by atoms with E-state index in [1.807, 2.05) is 13.8 Å². The Hall–Kier alpha value is -1.49. The van der Waals surface area contributed by atoms with Gasteiger partial charge in [-0.15, -0.1) is 0 Å². The smallest absolute Gasteiger partial charge is 0.237 e. The lowest BCUT2D eigenvalue weighted by molar-refractivity contribution is -0.123. The van der Waals surface area contributed by atoms with Gasteiger partial charge in [-0.2, -0.15) is 0 Å². The molecule has 1 rings (SSSR count). The third kappa shape index (κ3) is 4.89. The first-order chi connectivity index (χ1) is 9.60. The summed E-state index contributed by atoms with van der Waals surface area (Å²) in [6.45, 7) is 4.62. The van der Waals surface area contributed by atoms with Gasteiger partial charge in [-0.1, -0.05) is 26.3 Å². The number of halogens is 2. The highest BCUT2D eigenvalue weighted by atomic mass is 19.1. The molecule has 1 atom stereocenters. The monoisotopic (exact) mass is 284 g/mol. The number of rotatable bonds is 8. The van der Waals surface area contributed by atoms with Gasteiger partial charge < -0.3 is 10.6 Å². The van der Waals surface area contributed by atoms with Crippen molar-refractivity contribution in [3.8, 4) is 0 Å². The van der Waals surface area contributed by atoms with Gasteiger partial charge in [0.05, 0.1) is 6.04 Å². The number of hydrogen-bond acceptors (Lipinski definition) is 2. The second-order valence-electron chi connectivity index (χ2n) is 4.71. The third-order valence-corrected chi connectivity index (χ3v) is 3.04. The fraction of sp³-hybridized carbons (Fsp3) is 0.533. The van der Waals surface area contributed by atoms with Crippen LogP contribution in [0.15, 0.2) is 18.2 Å². The average Bonchev–Trinajstić information content (AvgIpc) is 2.42. The molecular formula is C15H22F2N2O. The minimum absolute atomic E-state index is 0.105. The van der Waals surface area contributed by atoms with Gasteiger partial charge in [0.15, 0.2) is 0 Å². The summed E-state index contributed by atoms with van der Waals surface area (Å²) in [6.07, 6.45) is 2.49. The van der Waals surface area contributed by atoms with E-state index in [-0.39, 0.29) is 24.1 Å². The lowest BCUT2D eigenvalue weighted by atomic mass is 10.1. The number of carbonyl (C=O) groups is 1. The lowest BCUT2D eigenvalue weighted by Gasteiger charge is -2.17. The molecule has 20 heavy (non-hydrogen) atoms. The van der Waals surface area contributed by atoms with Crippen LogP contribution in [0, 0.1) is 11.6 Å². The van der Waals surface area contributed by atoms with Gasteiger partial charge in [0.1, 0.15) is 11.6 Å². The molecule has 1 amide bonds. The van der Waals surface area contributed by atoms with Gasteiger partial charge in [-0.25, -0.2) is 8.78 Å². The number of carbonyl (C=O) groups excluding carboxylic acids is 1. The lowest BCUT2D eigenvalue weighted by Crippen LogP contribution is -2.44. The van der Waals surface area contributed by atoms with Crippen LogP contribution in [0.1, 0.15) is 38.7 Å². The quantitative estimate of drug-likeness (QED) is 0.770. The van der Waals surface area contributed by atoms with Crippen LogP contribution in [0.25, 0.3) is 0 Å². The summed E-state index contributed by atoms with van der Waals surface area (Å²) in [5, 5.41) is 5.73. The molecule has 0 saturated heterocycles. The first-order valence-corrected chi connectivity index (χ1v) is 7.04. The molecule has 0 aromatic heterocycles. The van der Waals surface area contributed by atoms with Crippen molar-refractivity contribution in [1.82, 2.24) is 10.6 Å². The van der Waals surface area contributed by atoms with Crippen molar-refractivity contribution in [1.29, 1.82) is 0 Å². The van der Waals surface area contributed by atoms with E-state index >= 15 is 0 Å². The summed E-state index contributed by atoms with van der Waals surface area (Å²) in [4.78, 5) is 12.0. The largest absolute Gasteiger partial charge is 0.350 e. The van der Waals surface area contributed by atoms with E-state index in [1.54, 1.807) is 0 Å². The van der Waals surface area contributed by atoms with Gasteiger partial charge in [0, 0.05) is 12.1 Å². The van der Waals surface area contributed by atoms with Gasteiger partial charge in [0.2, 0.25) is 5.91 Å². The SMILES string of the molecule is CCCNC(CCC)C(=O)NCc1c(F)cccc1F. The van der Waals surface area contributed by atoms with Crippen molar-refractivity contribution in [3.63, 3.8) is 0 Å². The molecule has 0 heterocycles. The minimum atomic E-state index is -0.640. The second kappa shape index (κ2) is 8.64. The van der Waals surface area contributed by atoms with E-state index in [1.165, 1.54) is 18.2 Å². The Morgan fingerprint density at radius 1 is 1.20 bits per heavy atom. The van der Waals surface area contributed by atoms with E-state index in [4.69, 9.17) is 0 Å². The molecule has 0 spiro atoms. The third-order valence-electron chi connectivity index (χ3n) is 3.04. The van der Waals surface area contributed by atoms with Crippen molar-refractivity contribution in [2.75, 3.05) is 6.54 Å². The van der Waals surface area contributed by atoms with E-state index in [0.29, 0.717) is 6.42 Å². The van der Waals surface area contributed by atoms with Crippen LogP contribution in [0.5, 0.6) is 0 Å². The Bertz CT molecular complexity index is 418. The number of amides is 1. The predicted octanol–water partition coefficient (Wildman–Crippen LogP) is 2.75. The van der Waals surface area contributed by atoms with Crippen LogP contribution < -0.4 is 10.6 Å². The Labute approximate surface area is 118 Å². The van der Waals surface area contributed by atoms with Crippen LogP contribution in [0.3, 0.4) is 0 Å². The van der Waals surface area contributed by atoms with Crippen LogP contribution in [0.4, 0.5) is 8.78 Å². The Morgan fingerprint density at radius 2 is 1.85 bits per heavy atom.